The first-order valence-electron chi connectivity index (χ1n) is 16.6. The molecule has 1 N–H and O–H groups in total. The first-order chi connectivity index (χ1) is 20.0. The molecule has 0 aromatic carbocycles. The number of rotatable bonds is 18. The molecule has 0 spiro atoms. The van der Waals surface area contributed by atoms with Crippen molar-refractivity contribution in [1.29, 1.82) is 0 Å². The van der Waals surface area contributed by atoms with E-state index in [4.69, 9.17) is 23.4 Å². The highest BCUT2D eigenvalue weighted by atomic mass is 127. The van der Waals surface area contributed by atoms with Crippen LogP contribution in [0.15, 0.2) is 22.3 Å². The fraction of sp³-hybridized carbons (Fsp3) is 0.882. The fourth-order valence-electron chi connectivity index (χ4n) is 7.53. The van der Waals surface area contributed by atoms with Crippen molar-refractivity contribution in [3.63, 3.8) is 0 Å². The lowest BCUT2D eigenvalue weighted by Crippen LogP contribution is -2.52. The van der Waals surface area contributed by atoms with Crippen molar-refractivity contribution in [2.75, 3.05) is 20.5 Å². The van der Waals surface area contributed by atoms with Gasteiger partial charge in [0.2, 0.25) is 8.32 Å². The Morgan fingerprint density at radius 1 is 0.857 bits per heavy atom. The quantitative estimate of drug-likeness (QED) is 0.0660. The van der Waals surface area contributed by atoms with Crippen LogP contribution in [0.2, 0.25) is 16.6 Å². The van der Waals surface area contributed by atoms with Gasteiger partial charge < -0.3 is 28.5 Å². The van der Waals surface area contributed by atoms with Crippen LogP contribution in [-0.4, -0.2) is 70.6 Å². The third-order valence-electron chi connectivity index (χ3n) is 9.47. The van der Waals surface area contributed by atoms with Gasteiger partial charge in [0.15, 0.2) is 0 Å². The molecule has 0 aliphatic carbocycles. The van der Waals surface area contributed by atoms with Crippen molar-refractivity contribution in [3.05, 3.63) is 22.3 Å². The lowest BCUT2D eigenvalue weighted by atomic mass is 9.91. The number of allylic oxidation sites excluding steroid dienone is 1. The molecule has 246 valence electrons. The minimum Gasteiger partial charge on any atom is -0.413 e. The molecule has 6 nitrogen and oxygen atoms in total. The second-order valence-electron chi connectivity index (χ2n) is 13.8. The minimum atomic E-state index is -1.99. The van der Waals surface area contributed by atoms with Gasteiger partial charge in [0, 0.05) is 19.6 Å². The molecule has 2 rings (SSSR count). The van der Waals surface area contributed by atoms with Crippen molar-refractivity contribution in [2.45, 2.75) is 160 Å². The van der Waals surface area contributed by atoms with Crippen LogP contribution in [0, 0.1) is 11.8 Å². The van der Waals surface area contributed by atoms with Gasteiger partial charge in [-0.05, 0) is 84.1 Å². The second kappa shape index (κ2) is 19.6. The lowest BCUT2D eigenvalue weighted by Gasteiger charge is -2.47. The summed E-state index contributed by atoms with van der Waals surface area (Å²) in [6.45, 7) is 19.1. The van der Waals surface area contributed by atoms with Gasteiger partial charge in [0.05, 0.1) is 36.6 Å². The van der Waals surface area contributed by atoms with Crippen LogP contribution in [0.5, 0.6) is 0 Å². The maximum Gasteiger partial charge on any atom is 0.200 e. The summed E-state index contributed by atoms with van der Waals surface area (Å²) in [7, 11) is -0.332. The Hall–Kier alpha value is 0.187. The molecule has 2 aliphatic heterocycles. The van der Waals surface area contributed by atoms with E-state index in [9.17, 15) is 5.11 Å². The summed E-state index contributed by atoms with van der Waals surface area (Å²) in [5, 5.41) is 9.74. The van der Waals surface area contributed by atoms with E-state index < -0.39 is 8.32 Å². The van der Waals surface area contributed by atoms with E-state index in [1.54, 1.807) is 7.11 Å². The van der Waals surface area contributed by atoms with Gasteiger partial charge in [0.1, 0.15) is 6.79 Å². The summed E-state index contributed by atoms with van der Waals surface area (Å²) in [6, 6.07) is 0. The van der Waals surface area contributed by atoms with E-state index in [-0.39, 0.29) is 49.1 Å². The highest BCUT2D eigenvalue weighted by Gasteiger charge is 2.48. The fourth-order valence-corrected chi connectivity index (χ4v) is 13.5. The van der Waals surface area contributed by atoms with E-state index in [1.807, 2.05) is 4.08 Å². The van der Waals surface area contributed by atoms with Gasteiger partial charge in [-0.2, -0.15) is 0 Å². The third-order valence-corrected chi connectivity index (χ3v) is 16.0. The van der Waals surface area contributed by atoms with Crippen molar-refractivity contribution in [1.82, 2.24) is 0 Å². The van der Waals surface area contributed by atoms with Crippen LogP contribution in [0.4, 0.5) is 0 Å². The average Bonchev–Trinajstić information content (AvgIpc) is 2.92. The third kappa shape index (κ3) is 11.8. The van der Waals surface area contributed by atoms with Gasteiger partial charge in [-0.15, -0.1) is 0 Å². The Labute approximate surface area is 273 Å². The number of hydrogen-bond donors (Lipinski definition) is 1. The van der Waals surface area contributed by atoms with Crippen molar-refractivity contribution in [3.8, 4) is 0 Å². The van der Waals surface area contributed by atoms with E-state index in [2.05, 4.69) is 96.2 Å². The van der Waals surface area contributed by atoms with Crippen LogP contribution in [0.25, 0.3) is 0 Å². The number of methoxy groups -OCH3 is 1. The zero-order chi connectivity index (χ0) is 31.3. The van der Waals surface area contributed by atoms with Crippen LogP contribution < -0.4 is 0 Å². The summed E-state index contributed by atoms with van der Waals surface area (Å²) < 4.78 is 33.5. The largest absolute Gasteiger partial charge is 0.413 e. The summed E-state index contributed by atoms with van der Waals surface area (Å²) in [5.74, 6) is 0.699. The molecule has 0 aromatic heterocycles. The molecule has 8 atom stereocenters. The molecular weight excluding hydrogens is 659 g/mol. The number of hydrogen-bond acceptors (Lipinski definition) is 6. The molecule has 0 radical (unpaired) electrons. The zero-order valence-corrected chi connectivity index (χ0v) is 31.3. The second-order valence-corrected chi connectivity index (χ2v) is 19.9. The van der Waals surface area contributed by atoms with E-state index in [1.165, 1.54) is 6.42 Å². The average molecular weight is 723 g/mol. The molecule has 0 aromatic rings. The Kier molecular flexibility index (Phi) is 17.9. The summed E-state index contributed by atoms with van der Waals surface area (Å²) in [6.07, 6.45) is 15.4. The van der Waals surface area contributed by atoms with Gasteiger partial charge in [-0.1, -0.05) is 90.1 Å². The zero-order valence-electron chi connectivity index (χ0n) is 28.1. The van der Waals surface area contributed by atoms with Crippen molar-refractivity contribution in [2.24, 2.45) is 11.8 Å². The maximum absolute atomic E-state index is 9.74. The van der Waals surface area contributed by atoms with Gasteiger partial charge in [0.25, 0.3) is 0 Å². The Morgan fingerprint density at radius 3 is 2.07 bits per heavy atom. The molecular formula is C34H63IO6Si. The molecule has 2 heterocycles. The molecule has 0 amide bonds. The Bertz CT molecular complexity index is 768. The normalized spacial score (nSPS) is 28.4. The van der Waals surface area contributed by atoms with Gasteiger partial charge >= 0.3 is 0 Å². The van der Waals surface area contributed by atoms with Crippen LogP contribution in [0.3, 0.4) is 0 Å². The monoisotopic (exact) mass is 722 g/mol. The predicted octanol–water partition coefficient (Wildman–Crippen LogP) is 8.96. The number of aliphatic hydroxyl groups excluding tert-OH is 1. The molecule has 2 fully saturated rings. The molecule has 42 heavy (non-hydrogen) atoms. The first-order valence-corrected chi connectivity index (χ1v) is 20.0. The van der Waals surface area contributed by atoms with Gasteiger partial charge in [-0.3, -0.25) is 0 Å². The van der Waals surface area contributed by atoms with Crippen LogP contribution in [-0.2, 0) is 23.4 Å². The predicted molar refractivity (Wildman–Crippen MR) is 185 cm³/mol. The first kappa shape index (κ1) is 38.4. The maximum atomic E-state index is 9.74. The SMILES string of the molecule is COCO[C@@H](/C=C/I)[C@@H](C)/C=C/[C@H](C)C[C@H]1CCC[C@@H](CC2C[C@@H](O[Si](C(C)C)(C(C)C)C(C)C)C[C@@H](CCO)O2)O1. The standard InChI is InChI=1S/C34H63IO6Si/c1-24(2)42(25(3)4,26(5)6)41-33-21-31(16-18-36)40-32(22-33)20-30-12-10-11-29(39-30)19-27(7)13-14-28(8)34(15-17-35)38-23-37-9/h13-15,17,24-34,36H,10-12,16,18-23H2,1-9H3/b14-13+,17-15+/t27-,28-,29+,30-,31+,32?,33-,34-/m0/s1. The number of aliphatic hydroxyl groups is 1. The number of ether oxygens (including phenoxy) is 4. The van der Waals surface area contributed by atoms with Crippen molar-refractivity contribution < 1.29 is 28.5 Å². The molecule has 2 saturated heterocycles. The summed E-state index contributed by atoms with van der Waals surface area (Å²) in [5.41, 5.74) is 1.68. The van der Waals surface area contributed by atoms with Crippen LogP contribution >= 0.6 is 22.6 Å². The highest BCUT2D eigenvalue weighted by molar-refractivity contribution is 14.1. The molecule has 8 heteroatoms. The van der Waals surface area contributed by atoms with E-state index in [0.717, 1.165) is 38.5 Å². The smallest absolute Gasteiger partial charge is 0.200 e. The van der Waals surface area contributed by atoms with Gasteiger partial charge in [-0.25, -0.2) is 0 Å². The Balaban J connectivity index is 1.99. The van der Waals surface area contributed by atoms with Crippen LogP contribution in [0.1, 0.15) is 107 Å². The lowest BCUT2D eigenvalue weighted by molar-refractivity contribution is -0.132. The Morgan fingerprint density at radius 2 is 1.48 bits per heavy atom. The van der Waals surface area contributed by atoms with E-state index in [0.29, 0.717) is 35.8 Å². The molecule has 0 saturated carbocycles. The highest BCUT2D eigenvalue weighted by Crippen LogP contribution is 2.45. The molecule has 2 aliphatic rings. The summed E-state index contributed by atoms with van der Waals surface area (Å²) in [4.78, 5) is 0. The van der Waals surface area contributed by atoms with E-state index >= 15 is 0 Å². The topological polar surface area (TPSA) is 66.4 Å². The number of halogens is 1. The molecule has 0 bridgehead atoms. The summed E-state index contributed by atoms with van der Waals surface area (Å²) >= 11 is 2.24. The van der Waals surface area contributed by atoms with Crippen molar-refractivity contribution >= 4 is 30.9 Å². The minimum absolute atomic E-state index is 0.00742. The molecule has 1 unspecified atom stereocenters.